The number of aryl methyl sites for hydroxylation is 1. The highest BCUT2D eigenvalue weighted by Crippen LogP contribution is 2.22. The van der Waals surface area contributed by atoms with Gasteiger partial charge >= 0.3 is 0 Å². The van der Waals surface area contributed by atoms with Crippen molar-refractivity contribution in [3.63, 3.8) is 0 Å². The standard InChI is InChI=1S/C5H6N4S/c1-2-7-3-4(6)8-9-5(3)10-2/h1H3,(H3,6,8,9). The average Bonchev–Trinajstić information content (AvgIpc) is 2.35. The molecule has 5 heteroatoms. The van der Waals surface area contributed by atoms with Crippen LogP contribution in [0.25, 0.3) is 10.3 Å². The van der Waals surface area contributed by atoms with Crippen molar-refractivity contribution in [2.45, 2.75) is 6.92 Å². The minimum absolute atomic E-state index is 0.555. The molecule has 0 unspecified atom stereocenters. The quantitative estimate of drug-likeness (QED) is 0.592. The minimum Gasteiger partial charge on any atom is -0.382 e. The number of hydrogen-bond acceptors (Lipinski definition) is 4. The zero-order valence-corrected chi connectivity index (χ0v) is 6.20. The Labute approximate surface area is 61.1 Å². The molecule has 0 spiro atoms. The van der Waals surface area contributed by atoms with E-state index in [0.29, 0.717) is 5.82 Å². The van der Waals surface area contributed by atoms with E-state index in [1.54, 1.807) is 0 Å². The summed E-state index contributed by atoms with van der Waals surface area (Å²) in [7, 11) is 0. The molecule has 3 N–H and O–H groups in total. The van der Waals surface area contributed by atoms with Gasteiger partial charge in [-0.2, -0.15) is 5.10 Å². The smallest absolute Gasteiger partial charge is 0.167 e. The number of H-pyrrole nitrogens is 1. The van der Waals surface area contributed by atoms with E-state index in [1.165, 1.54) is 11.3 Å². The van der Waals surface area contributed by atoms with Crippen LogP contribution in [-0.4, -0.2) is 15.2 Å². The summed E-state index contributed by atoms with van der Waals surface area (Å²) < 4.78 is 0. The van der Waals surface area contributed by atoms with Gasteiger partial charge in [0.15, 0.2) is 4.83 Å². The Morgan fingerprint density at radius 3 is 3.10 bits per heavy atom. The Balaban J connectivity index is 2.90. The Kier molecular flexibility index (Phi) is 0.960. The summed E-state index contributed by atoms with van der Waals surface area (Å²) in [5, 5.41) is 7.60. The molecule has 0 bridgehead atoms. The third-order valence-electron chi connectivity index (χ3n) is 1.25. The van der Waals surface area contributed by atoms with Crippen molar-refractivity contribution in [2.75, 3.05) is 5.73 Å². The third kappa shape index (κ3) is 0.607. The van der Waals surface area contributed by atoms with Crippen molar-refractivity contribution in [1.82, 2.24) is 15.2 Å². The number of nitrogens with one attached hydrogen (secondary N) is 1. The Morgan fingerprint density at radius 1 is 1.60 bits per heavy atom. The maximum Gasteiger partial charge on any atom is 0.167 e. The van der Waals surface area contributed by atoms with E-state index >= 15 is 0 Å². The van der Waals surface area contributed by atoms with Crippen molar-refractivity contribution in [3.8, 4) is 0 Å². The highest BCUT2D eigenvalue weighted by molar-refractivity contribution is 7.18. The minimum atomic E-state index is 0.555. The lowest BCUT2D eigenvalue weighted by Crippen LogP contribution is -1.84. The summed E-state index contributed by atoms with van der Waals surface area (Å²) in [6.07, 6.45) is 0. The first-order valence-electron chi connectivity index (χ1n) is 2.84. The molecule has 2 aromatic heterocycles. The highest BCUT2D eigenvalue weighted by Gasteiger charge is 2.05. The van der Waals surface area contributed by atoms with Crippen LogP contribution in [0.4, 0.5) is 5.82 Å². The first-order valence-corrected chi connectivity index (χ1v) is 3.66. The maximum atomic E-state index is 5.52. The summed E-state index contributed by atoms with van der Waals surface area (Å²) in [4.78, 5) is 5.06. The van der Waals surface area contributed by atoms with Crippen LogP contribution in [0.5, 0.6) is 0 Å². The van der Waals surface area contributed by atoms with Crippen LogP contribution in [0, 0.1) is 6.92 Å². The van der Waals surface area contributed by atoms with Gasteiger partial charge in [0.2, 0.25) is 0 Å². The molecular weight excluding hydrogens is 148 g/mol. The van der Waals surface area contributed by atoms with Crippen LogP contribution in [-0.2, 0) is 0 Å². The molecule has 0 atom stereocenters. The fourth-order valence-electron chi connectivity index (χ4n) is 0.831. The molecular formula is C5H6N4S. The first kappa shape index (κ1) is 5.67. The number of thiazole rings is 1. The number of nitrogens with zero attached hydrogens (tertiary/aromatic N) is 2. The van der Waals surface area contributed by atoms with Gasteiger partial charge in [-0.1, -0.05) is 11.3 Å². The number of rotatable bonds is 0. The Bertz CT molecular complexity index is 360. The molecule has 10 heavy (non-hydrogen) atoms. The van der Waals surface area contributed by atoms with Crippen LogP contribution in [0.3, 0.4) is 0 Å². The van der Waals surface area contributed by atoms with Crippen LogP contribution in [0.1, 0.15) is 5.01 Å². The predicted molar refractivity (Wildman–Crippen MR) is 40.9 cm³/mol. The molecule has 0 amide bonds. The number of aromatic amines is 1. The fourth-order valence-corrected chi connectivity index (χ4v) is 1.59. The third-order valence-corrected chi connectivity index (χ3v) is 2.11. The van der Waals surface area contributed by atoms with Gasteiger partial charge in [0.1, 0.15) is 11.3 Å². The van der Waals surface area contributed by atoms with E-state index < -0.39 is 0 Å². The number of aromatic nitrogens is 3. The summed E-state index contributed by atoms with van der Waals surface area (Å²) in [6.45, 7) is 1.94. The Morgan fingerprint density at radius 2 is 2.40 bits per heavy atom. The average molecular weight is 154 g/mol. The highest BCUT2D eigenvalue weighted by atomic mass is 32.1. The Hall–Kier alpha value is -1.10. The van der Waals surface area contributed by atoms with Gasteiger partial charge in [-0.25, -0.2) is 4.98 Å². The van der Waals surface area contributed by atoms with E-state index in [0.717, 1.165) is 15.4 Å². The van der Waals surface area contributed by atoms with Gasteiger partial charge in [0, 0.05) is 0 Å². The molecule has 0 saturated heterocycles. The molecule has 4 nitrogen and oxygen atoms in total. The molecule has 2 heterocycles. The van der Waals surface area contributed by atoms with Crippen molar-refractivity contribution in [2.24, 2.45) is 0 Å². The summed E-state index contributed by atoms with van der Waals surface area (Å²) in [5.74, 6) is 0.555. The molecule has 2 aromatic rings. The second-order valence-electron chi connectivity index (χ2n) is 2.02. The molecule has 0 aliphatic carbocycles. The molecule has 52 valence electrons. The van der Waals surface area contributed by atoms with Gasteiger partial charge in [-0.3, -0.25) is 5.10 Å². The van der Waals surface area contributed by atoms with Gasteiger partial charge in [-0.15, -0.1) is 0 Å². The van der Waals surface area contributed by atoms with E-state index in [4.69, 9.17) is 5.73 Å². The fraction of sp³-hybridized carbons (Fsp3) is 0.200. The van der Waals surface area contributed by atoms with Crippen LogP contribution in [0.2, 0.25) is 0 Å². The molecule has 0 fully saturated rings. The van der Waals surface area contributed by atoms with E-state index in [-0.39, 0.29) is 0 Å². The summed E-state index contributed by atoms with van der Waals surface area (Å²) >= 11 is 1.54. The topological polar surface area (TPSA) is 67.6 Å². The van der Waals surface area contributed by atoms with Crippen molar-refractivity contribution in [3.05, 3.63) is 5.01 Å². The van der Waals surface area contributed by atoms with Crippen LogP contribution < -0.4 is 5.73 Å². The number of hydrogen-bond donors (Lipinski definition) is 2. The second kappa shape index (κ2) is 1.69. The van der Waals surface area contributed by atoms with Crippen LogP contribution in [0.15, 0.2) is 0 Å². The lowest BCUT2D eigenvalue weighted by Gasteiger charge is -1.78. The molecule has 0 radical (unpaired) electrons. The van der Waals surface area contributed by atoms with E-state index in [9.17, 15) is 0 Å². The number of nitrogens with two attached hydrogens (primary N) is 1. The van der Waals surface area contributed by atoms with Crippen LogP contribution >= 0.6 is 11.3 Å². The van der Waals surface area contributed by atoms with E-state index in [2.05, 4.69) is 15.2 Å². The van der Waals surface area contributed by atoms with Crippen molar-refractivity contribution >= 4 is 27.5 Å². The number of nitrogen functional groups attached to an aromatic ring is 1. The molecule has 0 aromatic carbocycles. The first-order chi connectivity index (χ1) is 4.77. The maximum absolute atomic E-state index is 5.52. The summed E-state index contributed by atoms with van der Waals surface area (Å²) in [6, 6.07) is 0. The molecule has 2 rings (SSSR count). The normalized spacial score (nSPS) is 10.9. The zero-order valence-electron chi connectivity index (χ0n) is 5.38. The van der Waals surface area contributed by atoms with Gasteiger partial charge in [0.05, 0.1) is 5.01 Å². The number of fused-ring (bicyclic) bond motifs is 1. The second-order valence-corrected chi connectivity index (χ2v) is 3.21. The van der Waals surface area contributed by atoms with Crippen molar-refractivity contribution < 1.29 is 0 Å². The lowest BCUT2D eigenvalue weighted by molar-refractivity contribution is 1.13. The predicted octanol–water partition coefficient (Wildman–Crippen LogP) is 0.910. The largest absolute Gasteiger partial charge is 0.382 e. The van der Waals surface area contributed by atoms with Crippen molar-refractivity contribution in [1.29, 1.82) is 0 Å². The summed E-state index contributed by atoms with van der Waals surface area (Å²) in [5.41, 5.74) is 6.31. The SMILES string of the molecule is Cc1nc2c(N)[nH]nc2s1. The molecule has 0 saturated carbocycles. The number of anilines is 1. The monoisotopic (exact) mass is 154 g/mol. The van der Waals surface area contributed by atoms with Gasteiger partial charge in [-0.05, 0) is 6.92 Å². The van der Waals surface area contributed by atoms with E-state index in [1.807, 2.05) is 6.92 Å². The lowest BCUT2D eigenvalue weighted by atomic mass is 10.6. The van der Waals surface area contributed by atoms with Gasteiger partial charge < -0.3 is 5.73 Å². The zero-order chi connectivity index (χ0) is 7.14. The molecule has 0 aliphatic heterocycles. The van der Waals surface area contributed by atoms with Gasteiger partial charge in [0.25, 0.3) is 0 Å². The molecule has 0 aliphatic rings.